The Morgan fingerprint density at radius 2 is 2.20 bits per heavy atom. The maximum atomic E-state index is 13.4. The van der Waals surface area contributed by atoms with Gasteiger partial charge >= 0.3 is 5.97 Å². The predicted octanol–water partition coefficient (Wildman–Crippen LogP) is 3.68. The predicted molar refractivity (Wildman–Crippen MR) is 76.3 cm³/mol. The molecule has 0 amide bonds. The van der Waals surface area contributed by atoms with Gasteiger partial charge in [-0.3, -0.25) is 4.90 Å². The highest BCUT2D eigenvalue weighted by Crippen LogP contribution is 2.22. The van der Waals surface area contributed by atoms with Crippen LogP contribution >= 0.6 is 0 Å². The van der Waals surface area contributed by atoms with Crippen molar-refractivity contribution in [1.82, 2.24) is 4.90 Å². The van der Waals surface area contributed by atoms with Gasteiger partial charge in [0.25, 0.3) is 0 Å². The van der Waals surface area contributed by atoms with E-state index in [1.165, 1.54) is 37.8 Å². The second-order valence-electron chi connectivity index (χ2n) is 5.50. The first-order chi connectivity index (χ1) is 9.61. The maximum Gasteiger partial charge on any atom is 0.338 e. The van der Waals surface area contributed by atoms with E-state index < -0.39 is 11.8 Å². The van der Waals surface area contributed by atoms with Crippen molar-refractivity contribution in [3.05, 3.63) is 35.1 Å². The average molecular weight is 279 g/mol. The fourth-order valence-electron chi connectivity index (χ4n) is 2.98. The molecule has 0 aromatic heterocycles. The van der Waals surface area contributed by atoms with Crippen molar-refractivity contribution in [3.63, 3.8) is 0 Å². The number of hydrogen-bond acceptors (Lipinski definition) is 2. The molecule has 0 bridgehead atoms. The van der Waals surface area contributed by atoms with E-state index in [9.17, 15) is 9.18 Å². The van der Waals surface area contributed by atoms with Gasteiger partial charge in [-0.05, 0) is 43.5 Å². The molecule has 0 radical (unpaired) electrons. The number of hydrogen-bond donors (Lipinski definition) is 1. The van der Waals surface area contributed by atoms with E-state index in [1.807, 2.05) is 0 Å². The summed E-state index contributed by atoms with van der Waals surface area (Å²) in [5.41, 5.74) is 0.648. The Hall–Kier alpha value is -1.42. The molecule has 1 aromatic carbocycles. The van der Waals surface area contributed by atoms with Crippen LogP contribution in [0, 0.1) is 5.82 Å². The molecule has 20 heavy (non-hydrogen) atoms. The van der Waals surface area contributed by atoms with Crippen molar-refractivity contribution in [2.75, 3.05) is 6.54 Å². The number of rotatable bonds is 4. The molecule has 1 atom stereocenters. The van der Waals surface area contributed by atoms with Crippen molar-refractivity contribution in [1.29, 1.82) is 0 Å². The van der Waals surface area contributed by atoms with Crippen LogP contribution in [0.4, 0.5) is 4.39 Å². The lowest BCUT2D eigenvalue weighted by Crippen LogP contribution is -2.33. The van der Waals surface area contributed by atoms with Crippen LogP contribution in [0.2, 0.25) is 0 Å². The number of halogens is 1. The molecule has 1 aliphatic rings. The summed E-state index contributed by atoms with van der Waals surface area (Å²) in [6, 6.07) is 4.97. The van der Waals surface area contributed by atoms with Gasteiger partial charge in [-0.25, -0.2) is 9.18 Å². The van der Waals surface area contributed by atoms with Gasteiger partial charge in [0.1, 0.15) is 5.82 Å². The SMILES string of the molecule is CCC1CCCCCN1Cc1ccc(F)c(C(=O)O)c1. The van der Waals surface area contributed by atoms with Crippen molar-refractivity contribution in [2.45, 2.75) is 51.6 Å². The topological polar surface area (TPSA) is 40.5 Å². The van der Waals surface area contributed by atoms with E-state index in [0.717, 1.165) is 18.5 Å². The van der Waals surface area contributed by atoms with Crippen molar-refractivity contribution in [3.8, 4) is 0 Å². The van der Waals surface area contributed by atoms with Gasteiger partial charge in [0.2, 0.25) is 0 Å². The molecule has 0 saturated carbocycles. The lowest BCUT2D eigenvalue weighted by molar-refractivity contribution is 0.0691. The number of carboxylic acid groups (broad SMARTS) is 1. The van der Waals surface area contributed by atoms with E-state index in [2.05, 4.69) is 11.8 Å². The molecule has 3 nitrogen and oxygen atoms in total. The molecular formula is C16H22FNO2. The van der Waals surface area contributed by atoms with Crippen LogP contribution < -0.4 is 0 Å². The molecule has 0 aliphatic carbocycles. The van der Waals surface area contributed by atoms with Crippen LogP contribution in [0.25, 0.3) is 0 Å². The lowest BCUT2D eigenvalue weighted by atomic mass is 10.1. The van der Waals surface area contributed by atoms with Gasteiger partial charge in [0.15, 0.2) is 0 Å². The van der Waals surface area contributed by atoms with Gasteiger partial charge in [0, 0.05) is 12.6 Å². The highest BCUT2D eigenvalue weighted by molar-refractivity contribution is 5.88. The quantitative estimate of drug-likeness (QED) is 0.914. The Balaban J connectivity index is 2.15. The molecule has 1 heterocycles. The van der Waals surface area contributed by atoms with E-state index in [-0.39, 0.29) is 5.56 Å². The van der Waals surface area contributed by atoms with E-state index in [1.54, 1.807) is 6.07 Å². The molecule has 1 fully saturated rings. The largest absolute Gasteiger partial charge is 0.478 e. The number of nitrogens with zero attached hydrogens (tertiary/aromatic N) is 1. The van der Waals surface area contributed by atoms with Crippen LogP contribution in [0.1, 0.15) is 54.9 Å². The van der Waals surface area contributed by atoms with Crippen molar-refractivity contribution < 1.29 is 14.3 Å². The molecule has 1 N–H and O–H groups in total. The molecule has 1 aliphatic heterocycles. The summed E-state index contributed by atoms with van der Waals surface area (Å²) < 4.78 is 13.4. The second-order valence-corrected chi connectivity index (χ2v) is 5.50. The van der Waals surface area contributed by atoms with Crippen LogP contribution in [0.3, 0.4) is 0 Å². The van der Waals surface area contributed by atoms with Crippen molar-refractivity contribution >= 4 is 5.97 Å². The normalized spacial score (nSPS) is 20.6. The summed E-state index contributed by atoms with van der Waals surface area (Å²) in [5, 5.41) is 8.99. The Morgan fingerprint density at radius 1 is 1.40 bits per heavy atom. The molecule has 4 heteroatoms. The number of aromatic carboxylic acids is 1. The third-order valence-corrected chi connectivity index (χ3v) is 4.12. The minimum Gasteiger partial charge on any atom is -0.478 e. The van der Waals surface area contributed by atoms with E-state index in [0.29, 0.717) is 12.6 Å². The third-order valence-electron chi connectivity index (χ3n) is 4.12. The smallest absolute Gasteiger partial charge is 0.338 e. The number of benzene rings is 1. The first-order valence-electron chi connectivity index (χ1n) is 7.37. The van der Waals surface area contributed by atoms with Gasteiger partial charge in [-0.1, -0.05) is 25.8 Å². The zero-order valence-electron chi connectivity index (χ0n) is 11.9. The van der Waals surface area contributed by atoms with E-state index >= 15 is 0 Å². The Bertz CT molecular complexity index is 476. The Kier molecular flexibility index (Phi) is 5.12. The van der Waals surface area contributed by atoms with Crippen LogP contribution in [0.15, 0.2) is 18.2 Å². The summed E-state index contributed by atoms with van der Waals surface area (Å²) in [5.74, 6) is -1.86. The molecule has 1 saturated heterocycles. The first-order valence-corrected chi connectivity index (χ1v) is 7.37. The lowest BCUT2D eigenvalue weighted by Gasteiger charge is -2.29. The molecule has 2 rings (SSSR count). The zero-order valence-corrected chi connectivity index (χ0v) is 11.9. The zero-order chi connectivity index (χ0) is 14.5. The van der Waals surface area contributed by atoms with Gasteiger partial charge in [-0.15, -0.1) is 0 Å². The van der Waals surface area contributed by atoms with Gasteiger partial charge in [-0.2, -0.15) is 0 Å². The number of carboxylic acids is 1. The number of likely N-dealkylation sites (tertiary alicyclic amines) is 1. The third kappa shape index (κ3) is 3.57. The van der Waals surface area contributed by atoms with Gasteiger partial charge in [0.05, 0.1) is 5.56 Å². The molecular weight excluding hydrogens is 257 g/mol. The Morgan fingerprint density at radius 3 is 2.90 bits per heavy atom. The first kappa shape index (κ1) is 15.0. The maximum absolute atomic E-state index is 13.4. The highest BCUT2D eigenvalue weighted by Gasteiger charge is 2.20. The summed E-state index contributed by atoms with van der Waals surface area (Å²) in [4.78, 5) is 13.4. The van der Waals surface area contributed by atoms with E-state index in [4.69, 9.17) is 5.11 Å². The monoisotopic (exact) mass is 279 g/mol. The summed E-state index contributed by atoms with van der Waals surface area (Å²) >= 11 is 0. The standard InChI is InChI=1S/C16H22FNO2/c1-2-13-6-4-3-5-9-18(13)11-12-7-8-15(17)14(10-12)16(19)20/h7-8,10,13H,2-6,9,11H2,1H3,(H,19,20). The highest BCUT2D eigenvalue weighted by atomic mass is 19.1. The van der Waals surface area contributed by atoms with Crippen molar-refractivity contribution in [2.24, 2.45) is 0 Å². The second kappa shape index (κ2) is 6.84. The number of carbonyl (C=O) groups is 1. The molecule has 1 aromatic rings. The molecule has 110 valence electrons. The summed E-state index contributed by atoms with van der Waals surface area (Å²) in [6.07, 6.45) is 6.01. The summed E-state index contributed by atoms with van der Waals surface area (Å²) in [7, 11) is 0. The average Bonchev–Trinajstić information content (AvgIpc) is 2.65. The fourth-order valence-corrected chi connectivity index (χ4v) is 2.98. The van der Waals surface area contributed by atoms with Crippen LogP contribution in [0.5, 0.6) is 0 Å². The Labute approximate surface area is 119 Å². The van der Waals surface area contributed by atoms with Crippen LogP contribution in [-0.2, 0) is 6.54 Å². The van der Waals surface area contributed by atoms with Crippen LogP contribution in [-0.4, -0.2) is 28.6 Å². The minimum atomic E-state index is -1.20. The summed E-state index contributed by atoms with van der Waals surface area (Å²) in [6.45, 7) is 3.94. The fraction of sp³-hybridized carbons (Fsp3) is 0.562. The minimum absolute atomic E-state index is 0.231. The molecule has 0 spiro atoms. The van der Waals surface area contributed by atoms with Gasteiger partial charge < -0.3 is 5.11 Å². The molecule has 1 unspecified atom stereocenters.